The van der Waals surface area contributed by atoms with Crippen LogP contribution in [0.15, 0.2) is 55.1 Å². The fourth-order valence-corrected chi connectivity index (χ4v) is 3.11. The van der Waals surface area contributed by atoms with Gasteiger partial charge in [-0.05, 0) is 13.0 Å². The number of H-pyrrole nitrogens is 2. The minimum absolute atomic E-state index is 1.17. The van der Waals surface area contributed by atoms with Crippen molar-refractivity contribution in [3.63, 3.8) is 0 Å². The van der Waals surface area contributed by atoms with Gasteiger partial charge in [0.25, 0.3) is 0 Å². The van der Waals surface area contributed by atoms with Crippen molar-refractivity contribution in [1.29, 1.82) is 0 Å². The summed E-state index contributed by atoms with van der Waals surface area (Å²) in [6, 6.07) is 12.8. The van der Waals surface area contributed by atoms with Crippen molar-refractivity contribution in [2.24, 2.45) is 0 Å². The lowest BCUT2D eigenvalue weighted by atomic mass is 10.1. The standard InChI is InChI=1S/C19H16N2/c1-3-4-7-13-12(2)20-18-15(13)10-11-16-14-8-5-6-9-17(14)21-19(16)18/h3-11,20-21H,1H2,2H3/b7-4-. The van der Waals surface area contributed by atoms with E-state index in [0.29, 0.717) is 0 Å². The monoisotopic (exact) mass is 272 g/mol. The van der Waals surface area contributed by atoms with Gasteiger partial charge in [-0.2, -0.15) is 0 Å². The first-order valence-electron chi connectivity index (χ1n) is 7.10. The van der Waals surface area contributed by atoms with Crippen LogP contribution < -0.4 is 0 Å². The predicted octanol–water partition coefficient (Wildman–Crippen LogP) is 5.31. The molecule has 102 valence electrons. The van der Waals surface area contributed by atoms with Crippen LogP contribution in [0.5, 0.6) is 0 Å². The molecule has 0 bridgehead atoms. The largest absolute Gasteiger partial charge is 0.356 e. The van der Waals surface area contributed by atoms with Crippen molar-refractivity contribution >= 4 is 38.8 Å². The Bertz CT molecular complexity index is 1010. The number of hydrogen-bond donors (Lipinski definition) is 2. The van der Waals surface area contributed by atoms with E-state index in [1.54, 1.807) is 6.08 Å². The van der Waals surface area contributed by atoms with Gasteiger partial charge in [0.05, 0.1) is 11.0 Å². The number of rotatable bonds is 2. The number of hydrogen-bond acceptors (Lipinski definition) is 0. The number of allylic oxidation sites excluding steroid dienone is 2. The van der Waals surface area contributed by atoms with Crippen LogP contribution in [0.4, 0.5) is 0 Å². The van der Waals surface area contributed by atoms with Crippen molar-refractivity contribution < 1.29 is 0 Å². The summed E-state index contributed by atoms with van der Waals surface area (Å²) in [5.74, 6) is 0. The summed E-state index contributed by atoms with van der Waals surface area (Å²) in [5, 5.41) is 3.77. The van der Waals surface area contributed by atoms with Gasteiger partial charge in [0.1, 0.15) is 0 Å². The van der Waals surface area contributed by atoms with Crippen molar-refractivity contribution in [3.8, 4) is 0 Å². The maximum Gasteiger partial charge on any atom is 0.0710 e. The molecule has 0 fully saturated rings. The maximum atomic E-state index is 3.75. The Hall–Kier alpha value is -2.74. The van der Waals surface area contributed by atoms with E-state index in [2.05, 4.69) is 65.9 Å². The van der Waals surface area contributed by atoms with Gasteiger partial charge in [-0.15, -0.1) is 0 Å². The summed E-state index contributed by atoms with van der Waals surface area (Å²) in [6.45, 7) is 5.85. The van der Waals surface area contributed by atoms with Gasteiger partial charge in [0, 0.05) is 32.9 Å². The Labute approximate surface area is 122 Å². The Morgan fingerprint density at radius 1 is 0.905 bits per heavy atom. The molecular weight excluding hydrogens is 256 g/mol. The molecule has 0 aliphatic carbocycles. The van der Waals surface area contributed by atoms with Crippen LogP contribution in [0.25, 0.3) is 38.8 Å². The van der Waals surface area contributed by atoms with Crippen LogP contribution in [0.3, 0.4) is 0 Å². The molecule has 2 heteroatoms. The second-order valence-electron chi connectivity index (χ2n) is 5.34. The molecule has 0 saturated heterocycles. The third-order valence-corrected chi connectivity index (χ3v) is 4.09. The van der Waals surface area contributed by atoms with E-state index < -0.39 is 0 Å². The molecule has 2 nitrogen and oxygen atoms in total. The minimum Gasteiger partial charge on any atom is -0.356 e. The third kappa shape index (κ3) is 1.66. The van der Waals surface area contributed by atoms with E-state index in [0.717, 1.165) is 0 Å². The highest BCUT2D eigenvalue weighted by atomic mass is 14.8. The van der Waals surface area contributed by atoms with E-state index in [-0.39, 0.29) is 0 Å². The molecular formula is C19H16N2. The number of nitrogens with one attached hydrogen (secondary N) is 2. The predicted molar refractivity (Wildman–Crippen MR) is 91.6 cm³/mol. The number of aromatic amines is 2. The van der Waals surface area contributed by atoms with Crippen LogP contribution in [-0.2, 0) is 0 Å². The van der Waals surface area contributed by atoms with Crippen LogP contribution in [0.1, 0.15) is 11.3 Å². The average molecular weight is 272 g/mol. The highest BCUT2D eigenvalue weighted by molar-refractivity contribution is 6.17. The van der Waals surface area contributed by atoms with Crippen LogP contribution in [-0.4, -0.2) is 9.97 Å². The summed E-state index contributed by atoms with van der Waals surface area (Å²) in [5.41, 5.74) is 5.93. The first kappa shape index (κ1) is 12.0. The van der Waals surface area contributed by atoms with Gasteiger partial charge in [-0.3, -0.25) is 0 Å². The molecule has 2 N–H and O–H groups in total. The lowest BCUT2D eigenvalue weighted by molar-refractivity contribution is 1.29. The minimum atomic E-state index is 1.17. The summed E-state index contributed by atoms with van der Waals surface area (Å²) >= 11 is 0. The average Bonchev–Trinajstić information content (AvgIpc) is 3.02. The Morgan fingerprint density at radius 3 is 2.52 bits per heavy atom. The molecule has 0 radical (unpaired) electrons. The molecule has 2 heterocycles. The van der Waals surface area contributed by atoms with Gasteiger partial charge in [0.2, 0.25) is 0 Å². The Balaban J connectivity index is 2.15. The van der Waals surface area contributed by atoms with E-state index in [1.807, 2.05) is 6.08 Å². The van der Waals surface area contributed by atoms with Crippen molar-refractivity contribution in [1.82, 2.24) is 9.97 Å². The summed E-state index contributed by atoms with van der Waals surface area (Å²) in [6.07, 6.45) is 5.89. The van der Waals surface area contributed by atoms with E-state index in [4.69, 9.17) is 0 Å². The molecule has 4 aromatic rings. The molecule has 0 spiro atoms. The van der Waals surface area contributed by atoms with Gasteiger partial charge in [-0.25, -0.2) is 0 Å². The summed E-state index contributed by atoms with van der Waals surface area (Å²) in [7, 11) is 0. The molecule has 21 heavy (non-hydrogen) atoms. The van der Waals surface area contributed by atoms with Gasteiger partial charge in [0.15, 0.2) is 0 Å². The van der Waals surface area contributed by atoms with Gasteiger partial charge < -0.3 is 9.97 Å². The van der Waals surface area contributed by atoms with Crippen molar-refractivity contribution in [2.75, 3.05) is 0 Å². The second kappa shape index (κ2) is 4.38. The summed E-state index contributed by atoms with van der Waals surface area (Å²) in [4.78, 5) is 7.07. The highest BCUT2D eigenvalue weighted by Gasteiger charge is 2.12. The zero-order valence-corrected chi connectivity index (χ0v) is 11.9. The van der Waals surface area contributed by atoms with Crippen molar-refractivity contribution in [2.45, 2.75) is 6.92 Å². The SMILES string of the molecule is C=C/C=C\c1c(C)[nH]c2c1ccc1c3ccccc3[nH]c12. The number of aromatic nitrogens is 2. The molecule has 0 unspecified atom stereocenters. The molecule has 2 aromatic carbocycles. The molecule has 0 atom stereocenters. The van der Waals surface area contributed by atoms with Gasteiger partial charge >= 0.3 is 0 Å². The first-order chi connectivity index (χ1) is 10.3. The van der Waals surface area contributed by atoms with E-state index in [1.165, 1.54) is 44.0 Å². The summed E-state index contributed by atoms with van der Waals surface area (Å²) < 4.78 is 0. The topological polar surface area (TPSA) is 31.6 Å². The Morgan fingerprint density at radius 2 is 1.67 bits per heavy atom. The number of benzene rings is 2. The number of fused-ring (bicyclic) bond motifs is 5. The van der Waals surface area contributed by atoms with Crippen LogP contribution in [0.2, 0.25) is 0 Å². The van der Waals surface area contributed by atoms with E-state index >= 15 is 0 Å². The third-order valence-electron chi connectivity index (χ3n) is 4.09. The molecule has 4 rings (SSSR count). The smallest absolute Gasteiger partial charge is 0.0710 e. The van der Waals surface area contributed by atoms with Crippen LogP contribution in [0, 0.1) is 6.92 Å². The highest BCUT2D eigenvalue weighted by Crippen LogP contribution is 2.33. The fraction of sp³-hybridized carbons (Fsp3) is 0.0526. The zero-order chi connectivity index (χ0) is 14.4. The van der Waals surface area contributed by atoms with Crippen molar-refractivity contribution in [3.05, 3.63) is 66.4 Å². The lowest BCUT2D eigenvalue weighted by Crippen LogP contribution is -1.73. The maximum absolute atomic E-state index is 3.75. The first-order valence-corrected chi connectivity index (χ1v) is 7.10. The lowest BCUT2D eigenvalue weighted by Gasteiger charge is -1.95. The number of para-hydroxylation sites is 1. The van der Waals surface area contributed by atoms with Gasteiger partial charge in [-0.1, -0.05) is 55.1 Å². The zero-order valence-electron chi connectivity index (χ0n) is 11.9. The fourth-order valence-electron chi connectivity index (χ4n) is 3.11. The molecule has 0 aliphatic rings. The molecule has 2 aromatic heterocycles. The van der Waals surface area contributed by atoms with Crippen LogP contribution >= 0.6 is 0 Å². The number of aryl methyl sites for hydroxylation is 1. The molecule has 0 saturated carbocycles. The molecule has 0 aliphatic heterocycles. The second-order valence-corrected chi connectivity index (χ2v) is 5.34. The normalized spacial score (nSPS) is 12.0. The van der Waals surface area contributed by atoms with E-state index in [9.17, 15) is 0 Å². The molecule has 0 amide bonds. The Kier molecular flexibility index (Phi) is 2.51. The quantitative estimate of drug-likeness (QED) is 0.463.